The number of hydrogen-bond acceptors (Lipinski definition) is 3. The van der Waals surface area contributed by atoms with Crippen molar-refractivity contribution in [2.45, 2.75) is 18.8 Å². The number of nitrogen functional groups attached to an aromatic ring is 1. The van der Waals surface area contributed by atoms with Crippen molar-refractivity contribution in [2.75, 3.05) is 5.73 Å². The first kappa shape index (κ1) is 12.6. The number of anilines is 1. The van der Waals surface area contributed by atoms with E-state index in [1.54, 1.807) is 6.20 Å². The molecule has 21 heavy (non-hydrogen) atoms. The van der Waals surface area contributed by atoms with E-state index in [1.807, 2.05) is 23.0 Å². The monoisotopic (exact) mass is 343 g/mol. The van der Waals surface area contributed by atoms with Gasteiger partial charge in [0.25, 0.3) is 0 Å². The molecule has 1 aromatic carbocycles. The van der Waals surface area contributed by atoms with Gasteiger partial charge in [-0.1, -0.05) is 12.1 Å². The zero-order valence-electron chi connectivity index (χ0n) is 11.3. The summed E-state index contributed by atoms with van der Waals surface area (Å²) in [6.45, 7) is 0. The van der Waals surface area contributed by atoms with E-state index in [1.165, 1.54) is 18.5 Å². The third kappa shape index (κ3) is 2.15. The second-order valence-corrected chi connectivity index (χ2v) is 6.16. The van der Waals surface area contributed by atoms with E-state index in [-0.39, 0.29) is 0 Å². The van der Waals surface area contributed by atoms with Crippen LogP contribution in [-0.4, -0.2) is 20.0 Å². The molecule has 3 N–H and O–H groups in total. The van der Waals surface area contributed by atoms with Crippen LogP contribution in [0.5, 0.6) is 0 Å². The van der Waals surface area contributed by atoms with Crippen molar-refractivity contribution < 1.29 is 0 Å². The van der Waals surface area contributed by atoms with Crippen LogP contribution in [0, 0.1) is 0 Å². The van der Waals surface area contributed by atoms with Crippen LogP contribution in [-0.2, 0) is 0 Å². The summed E-state index contributed by atoms with van der Waals surface area (Å²) in [5.74, 6) is 1.22. The van der Waals surface area contributed by atoms with Gasteiger partial charge in [-0.3, -0.25) is 5.10 Å². The summed E-state index contributed by atoms with van der Waals surface area (Å²) in [6, 6.07) is 8.21. The van der Waals surface area contributed by atoms with Gasteiger partial charge in [-0.15, -0.1) is 0 Å². The quantitative estimate of drug-likeness (QED) is 0.764. The minimum absolute atomic E-state index is 0.586. The Bertz CT molecular complexity index is 783. The first-order valence-electron chi connectivity index (χ1n) is 6.87. The van der Waals surface area contributed by atoms with Gasteiger partial charge in [0.15, 0.2) is 0 Å². The second kappa shape index (κ2) is 4.73. The highest BCUT2D eigenvalue weighted by atomic mass is 79.9. The molecule has 0 aliphatic heterocycles. The number of H-pyrrole nitrogens is 1. The molecule has 0 atom stereocenters. The molecule has 106 valence electrons. The Balaban J connectivity index is 1.73. The first-order chi connectivity index (χ1) is 10.2. The molecule has 0 saturated heterocycles. The van der Waals surface area contributed by atoms with Crippen LogP contribution < -0.4 is 5.73 Å². The molecular weight excluding hydrogens is 330 g/mol. The van der Waals surface area contributed by atoms with Crippen LogP contribution in [0.25, 0.3) is 16.8 Å². The van der Waals surface area contributed by atoms with E-state index < -0.39 is 0 Å². The SMILES string of the molecule is Nc1[nH]ncc1-c1ccc(-n2ncc(Br)c2C2CC2)cc1. The molecule has 0 bridgehead atoms. The van der Waals surface area contributed by atoms with Gasteiger partial charge in [-0.05, 0) is 46.5 Å². The lowest BCUT2D eigenvalue weighted by Crippen LogP contribution is -2.01. The number of nitrogens with two attached hydrogens (primary N) is 1. The van der Waals surface area contributed by atoms with Gasteiger partial charge in [0.2, 0.25) is 0 Å². The highest BCUT2D eigenvalue weighted by Gasteiger charge is 2.30. The topological polar surface area (TPSA) is 72.5 Å². The lowest BCUT2D eigenvalue weighted by molar-refractivity contribution is 0.807. The molecule has 2 aromatic heterocycles. The highest BCUT2D eigenvalue weighted by Crippen LogP contribution is 2.44. The van der Waals surface area contributed by atoms with Crippen molar-refractivity contribution in [1.82, 2.24) is 20.0 Å². The van der Waals surface area contributed by atoms with Gasteiger partial charge in [0.1, 0.15) is 5.82 Å². The average Bonchev–Trinajstić information content (AvgIpc) is 3.13. The van der Waals surface area contributed by atoms with Crippen molar-refractivity contribution >= 4 is 21.7 Å². The van der Waals surface area contributed by atoms with Crippen LogP contribution in [0.4, 0.5) is 5.82 Å². The molecule has 3 aromatic rings. The van der Waals surface area contributed by atoms with E-state index in [4.69, 9.17) is 5.73 Å². The van der Waals surface area contributed by atoms with Gasteiger partial charge in [-0.2, -0.15) is 10.2 Å². The predicted molar refractivity (Wildman–Crippen MR) is 85.2 cm³/mol. The first-order valence-corrected chi connectivity index (χ1v) is 7.66. The Morgan fingerprint density at radius 3 is 2.57 bits per heavy atom. The smallest absolute Gasteiger partial charge is 0.126 e. The lowest BCUT2D eigenvalue weighted by atomic mass is 10.1. The number of hydrogen-bond donors (Lipinski definition) is 2. The largest absolute Gasteiger partial charge is 0.384 e. The highest BCUT2D eigenvalue weighted by molar-refractivity contribution is 9.10. The Labute approximate surface area is 130 Å². The van der Waals surface area contributed by atoms with Gasteiger partial charge >= 0.3 is 0 Å². The Hall–Kier alpha value is -2.08. The Kier molecular flexibility index (Phi) is 2.85. The fraction of sp³-hybridized carbons (Fsp3) is 0.200. The van der Waals surface area contributed by atoms with Crippen LogP contribution in [0.15, 0.2) is 41.1 Å². The van der Waals surface area contributed by atoms with Gasteiger partial charge < -0.3 is 5.73 Å². The van der Waals surface area contributed by atoms with E-state index in [2.05, 4.69) is 43.4 Å². The molecule has 0 radical (unpaired) electrons. The minimum Gasteiger partial charge on any atom is -0.384 e. The van der Waals surface area contributed by atoms with Crippen molar-refractivity contribution in [3.8, 4) is 16.8 Å². The number of nitrogens with one attached hydrogen (secondary N) is 1. The predicted octanol–water partition coefficient (Wildman–Crippen LogP) is 3.48. The summed E-state index contributed by atoms with van der Waals surface area (Å²) < 4.78 is 3.11. The van der Waals surface area contributed by atoms with Crippen molar-refractivity contribution in [3.05, 3.63) is 46.8 Å². The molecule has 1 saturated carbocycles. The van der Waals surface area contributed by atoms with Crippen LogP contribution in [0.1, 0.15) is 24.5 Å². The van der Waals surface area contributed by atoms with E-state index in [9.17, 15) is 0 Å². The molecule has 4 rings (SSSR count). The summed E-state index contributed by atoms with van der Waals surface area (Å²) in [5.41, 5.74) is 10.2. The number of rotatable bonds is 3. The van der Waals surface area contributed by atoms with E-state index >= 15 is 0 Å². The summed E-state index contributed by atoms with van der Waals surface area (Å²) >= 11 is 3.60. The molecule has 0 spiro atoms. The van der Waals surface area contributed by atoms with Gasteiger partial charge in [-0.25, -0.2) is 4.68 Å². The number of benzene rings is 1. The van der Waals surface area contributed by atoms with Crippen LogP contribution >= 0.6 is 15.9 Å². The van der Waals surface area contributed by atoms with E-state index in [0.717, 1.165) is 21.3 Å². The summed E-state index contributed by atoms with van der Waals surface area (Å²) in [6.07, 6.45) is 6.10. The summed E-state index contributed by atoms with van der Waals surface area (Å²) in [7, 11) is 0. The average molecular weight is 344 g/mol. The normalized spacial score (nSPS) is 14.5. The zero-order valence-corrected chi connectivity index (χ0v) is 12.8. The van der Waals surface area contributed by atoms with Crippen molar-refractivity contribution in [2.24, 2.45) is 0 Å². The second-order valence-electron chi connectivity index (χ2n) is 5.31. The van der Waals surface area contributed by atoms with Crippen LogP contribution in [0.2, 0.25) is 0 Å². The third-order valence-corrected chi connectivity index (χ3v) is 4.43. The summed E-state index contributed by atoms with van der Waals surface area (Å²) in [4.78, 5) is 0. The number of nitrogens with zero attached hydrogens (tertiary/aromatic N) is 3. The van der Waals surface area contributed by atoms with E-state index in [0.29, 0.717) is 11.7 Å². The third-order valence-electron chi connectivity index (χ3n) is 3.82. The zero-order chi connectivity index (χ0) is 14.4. The van der Waals surface area contributed by atoms with Gasteiger partial charge in [0, 0.05) is 11.5 Å². The van der Waals surface area contributed by atoms with Crippen LogP contribution in [0.3, 0.4) is 0 Å². The maximum Gasteiger partial charge on any atom is 0.126 e. The fourth-order valence-electron chi connectivity index (χ4n) is 2.58. The summed E-state index contributed by atoms with van der Waals surface area (Å²) in [5, 5.41) is 11.2. The molecule has 1 fully saturated rings. The molecule has 0 amide bonds. The number of aromatic amines is 1. The molecule has 2 heterocycles. The molecule has 6 heteroatoms. The molecular formula is C15H14BrN5. The molecule has 1 aliphatic rings. The van der Waals surface area contributed by atoms with Crippen molar-refractivity contribution in [1.29, 1.82) is 0 Å². The standard InChI is InChI=1S/C15H14BrN5/c16-13-8-19-21(14(13)10-1-2-10)11-5-3-9(4-6-11)12-7-18-20-15(12)17/h3-8,10H,1-2H2,(H3,17,18,20). The number of halogens is 1. The Morgan fingerprint density at radius 1 is 1.19 bits per heavy atom. The maximum absolute atomic E-state index is 5.86. The van der Waals surface area contributed by atoms with Gasteiger partial charge in [0.05, 0.1) is 28.2 Å². The Morgan fingerprint density at radius 2 is 1.95 bits per heavy atom. The maximum atomic E-state index is 5.86. The lowest BCUT2D eigenvalue weighted by Gasteiger charge is -2.08. The van der Waals surface area contributed by atoms with Crippen molar-refractivity contribution in [3.63, 3.8) is 0 Å². The molecule has 1 aliphatic carbocycles. The molecule has 0 unspecified atom stereocenters. The minimum atomic E-state index is 0.586. The number of aromatic nitrogens is 4. The fourth-order valence-corrected chi connectivity index (χ4v) is 3.16. The molecule has 5 nitrogen and oxygen atoms in total.